The molecule has 0 saturated heterocycles. The molecule has 1 N–H and O–H groups in total. The van der Waals surface area contributed by atoms with Crippen molar-refractivity contribution in [3.63, 3.8) is 0 Å². The maximum absolute atomic E-state index is 10.7. The molecule has 1 aliphatic carbocycles. The number of carbonyl (C=O) groups is 2. The topological polar surface area (TPSA) is 72.8 Å². The van der Waals surface area contributed by atoms with Crippen molar-refractivity contribution in [3.8, 4) is 0 Å². The maximum atomic E-state index is 10.7. The van der Waals surface area contributed by atoms with Gasteiger partial charge in [0.25, 0.3) is 0 Å². The number of carbonyl (C=O) groups excluding carboxylic acids is 2. The smallest absolute Gasteiger partial charge is 0.302 e. The molecule has 1 saturated carbocycles. The Labute approximate surface area is 107 Å². The predicted octanol–water partition coefficient (Wildman–Crippen LogP) is 1.28. The van der Waals surface area contributed by atoms with Crippen molar-refractivity contribution < 1.29 is 24.2 Å². The quantitative estimate of drug-likeness (QED) is 0.574. The van der Waals surface area contributed by atoms with Crippen LogP contribution in [0.3, 0.4) is 0 Å². The Kier molecular flexibility index (Phi) is 5.14. The van der Waals surface area contributed by atoms with E-state index in [4.69, 9.17) is 9.47 Å². The largest absolute Gasteiger partial charge is 0.466 e. The summed E-state index contributed by atoms with van der Waals surface area (Å²) >= 11 is 0. The molecule has 1 aliphatic rings. The van der Waals surface area contributed by atoms with Gasteiger partial charge in [0, 0.05) is 19.8 Å². The van der Waals surface area contributed by atoms with Crippen LogP contribution in [0.5, 0.6) is 0 Å². The van der Waals surface area contributed by atoms with Crippen LogP contribution in [0.25, 0.3) is 0 Å². The van der Waals surface area contributed by atoms with Crippen LogP contribution >= 0.6 is 0 Å². The summed E-state index contributed by atoms with van der Waals surface area (Å²) in [5.74, 6) is -0.388. The monoisotopic (exact) mass is 258 g/mol. The van der Waals surface area contributed by atoms with Gasteiger partial charge in [-0.25, -0.2) is 0 Å². The lowest BCUT2D eigenvalue weighted by molar-refractivity contribution is -0.172. The number of hydrogen-bond donors (Lipinski definition) is 1. The molecule has 0 spiro atoms. The molecule has 0 aromatic carbocycles. The standard InChI is InChI=1S/C13H22O5/c1-9(14)17-6-4-5-11-7-12(13(11,3)16)8-18-10(2)15/h11-12,16H,4-8H2,1-3H3/t11-,12-,13-/m0/s1. The number of ether oxygens (including phenoxy) is 2. The van der Waals surface area contributed by atoms with Gasteiger partial charge in [0.05, 0.1) is 18.8 Å². The molecule has 0 bridgehead atoms. The second-order valence-electron chi connectivity index (χ2n) is 5.14. The van der Waals surface area contributed by atoms with E-state index in [1.54, 1.807) is 6.92 Å². The van der Waals surface area contributed by atoms with Gasteiger partial charge in [-0.1, -0.05) is 0 Å². The summed E-state index contributed by atoms with van der Waals surface area (Å²) < 4.78 is 9.76. The van der Waals surface area contributed by atoms with Crippen LogP contribution in [0, 0.1) is 11.8 Å². The zero-order valence-corrected chi connectivity index (χ0v) is 11.3. The van der Waals surface area contributed by atoms with Crippen LogP contribution in [0.4, 0.5) is 0 Å². The fraction of sp³-hybridized carbons (Fsp3) is 0.846. The lowest BCUT2D eigenvalue weighted by atomic mass is 9.60. The fourth-order valence-corrected chi connectivity index (χ4v) is 2.40. The SMILES string of the molecule is CC(=O)OCCC[C@H]1C[C@@H](COC(C)=O)[C@@]1(C)O. The summed E-state index contributed by atoms with van der Waals surface area (Å²) in [6, 6.07) is 0. The highest BCUT2D eigenvalue weighted by molar-refractivity contribution is 5.66. The first-order valence-corrected chi connectivity index (χ1v) is 6.33. The van der Waals surface area contributed by atoms with E-state index < -0.39 is 5.60 Å². The summed E-state index contributed by atoms with van der Waals surface area (Å²) in [7, 11) is 0. The third-order valence-corrected chi connectivity index (χ3v) is 3.71. The second-order valence-corrected chi connectivity index (χ2v) is 5.14. The molecule has 0 unspecified atom stereocenters. The van der Waals surface area contributed by atoms with Gasteiger partial charge in [0.2, 0.25) is 0 Å². The van der Waals surface area contributed by atoms with Gasteiger partial charge < -0.3 is 14.6 Å². The first-order chi connectivity index (χ1) is 8.34. The van der Waals surface area contributed by atoms with Crippen molar-refractivity contribution in [1.82, 2.24) is 0 Å². The van der Waals surface area contributed by atoms with Crippen LogP contribution in [0.2, 0.25) is 0 Å². The molecule has 0 aromatic rings. The van der Waals surface area contributed by atoms with Crippen molar-refractivity contribution in [2.75, 3.05) is 13.2 Å². The fourth-order valence-electron chi connectivity index (χ4n) is 2.40. The first-order valence-electron chi connectivity index (χ1n) is 6.33. The van der Waals surface area contributed by atoms with E-state index in [2.05, 4.69) is 0 Å². The van der Waals surface area contributed by atoms with E-state index >= 15 is 0 Å². The van der Waals surface area contributed by atoms with Crippen LogP contribution in [0.15, 0.2) is 0 Å². The molecule has 1 fully saturated rings. The van der Waals surface area contributed by atoms with E-state index in [1.807, 2.05) is 0 Å². The van der Waals surface area contributed by atoms with Gasteiger partial charge in [0.15, 0.2) is 0 Å². The van der Waals surface area contributed by atoms with Crippen LogP contribution < -0.4 is 0 Å². The molecule has 18 heavy (non-hydrogen) atoms. The number of aliphatic hydroxyl groups is 1. The van der Waals surface area contributed by atoms with Crippen LogP contribution in [-0.2, 0) is 19.1 Å². The normalized spacial score (nSPS) is 30.4. The van der Waals surface area contributed by atoms with Gasteiger partial charge >= 0.3 is 11.9 Å². The molecule has 104 valence electrons. The Bertz CT molecular complexity index is 309. The Hall–Kier alpha value is -1.10. The highest BCUT2D eigenvalue weighted by atomic mass is 16.5. The van der Waals surface area contributed by atoms with E-state index in [1.165, 1.54) is 13.8 Å². The van der Waals surface area contributed by atoms with E-state index in [9.17, 15) is 14.7 Å². The van der Waals surface area contributed by atoms with Crippen LogP contribution in [-0.4, -0.2) is 35.9 Å². The second kappa shape index (κ2) is 6.18. The average molecular weight is 258 g/mol. The van der Waals surface area contributed by atoms with Gasteiger partial charge in [0.1, 0.15) is 0 Å². The number of esters is 2. The van der Waals surface area contributed by atoms with Gasteiger partial charge in [-0.15, -0.1) is 0 Å². The molecule has 0 heterocycles. The third-order valence-electron chi connectivity index (χ3n) is 3.71. The zero-order chi connectivity index (χ0) is 13.8. The minimum absolute atomic E-state index is 0.0140. The first kappa shape index (κ1) is 15.0. The minimum atomic E-state index is -0.786. The van der Waals surface area contributed by atoms with Crippen molar-refractivity contribution in [2.45, 2.75) is 45.6 Å². The average Bonchev–Trinajstić information content (AvgIpc) is 2.25. The Morgan fingerprint density at radius 2 is 1.83 bits per heavy atom. The molecule has 0 aliphatic heterocycles. The van der Waals surface area contributed by atoms with Gasteiger partial charge in [-0.05, 0) is 32.1 Å². The predicted molar refractivity (Wildman–Crippen MR) is 64.7 cm³/mol. The molecule has 5 heteroatoms. The summed E-state index contributed by atoms with van der Waals surface area (Å²) in [6.07, 6.45) is 2.41. The van der Waals surface area contributed by atoms with Crippen molar-refractivity contribution >= 4 is 11.9 Å². The molecular formula is C13H22O5. The molecule has 1 rings (SSSR count). The lowest BCUT2D eigenvalue weighted by Gasteiger charge is -2.50. The van der Waals surface area contributed by atoms with E-state index in [0.717, 1.165) is 19.3 Å². The third kappa shape index (κ3) is 3.98. The number of rotatable bonds is 6. The summed E-state index contributed by atoms with van der Waals surface area (Å²) in [6.45, 7) is 5.21. The number of hydrogen-bond acceptors (Lipinski definition) is 5. The van der Waals surface area contributed by atoms with Crippen molar-refractivity contribution in [2.24, 2.45) is 11.8 Å². The Morgan fingerprint density at radius 3 is 2.33 bits per heavy atom. The van der Waals surface area contributed by atoms with E-state index in [-0.39, 0.29) is 30.4 Å². The van der Waals surface area contributed by atoms with Gasteiger partial charge in [-0.3, -0.25) is 9.59 Å². The molecule has 0 amide bonds. The zero-order valence-electron chi connectivity index (χ0n) is 11.3. The highest BCUT2D eigenvalue weighted by Crippen LogP contribution is 2.46. The van der Waals surface area contributed by atoms with E-state index in [0.29, 0.717) is 6.61 Å². The molecule has 3 atom stereocenters. The van der Waals surface area contributed by atoms with Crippen molar-refractivity contribution in [1.29, 1.82) is 0 Å². The summed E-state index contributed by atoms with van der Waals surface area (Å²) in [5.41, 5.74) is -0.786. The highest BCUT2D eigenvalue weighted by Gasteiger charge is 2.50. The minimum Gasteiger partial charge on any atom is -0.466 e. The van der Waals surface area contributed by atoms with Gasteiger partial charge in [-0.2, -0.15) is 0 Å². The lowest BCUT2D eigenvalue weighted by Crippen LogP contribution is -2.55. The molecule has 0 radical (unpaired) electrons. The Morgan fingerprint density at radius 1 is 1.22 bits per heavy atom. The van der Waals surface area contributed by atoms with Crippen LogP contribution in [0.1, 0.15) is 40.0 Å². The maximum Gasteiger partial charge on any atom is 0.302 e. The molecule has 0 aromatic heterocycles. The molecule has 5 nitrogen and oxygen atoms in total. The Balaban J connectivity index is 2.22. The van der Waals surface area contributed by atoms with Crippen molar-refractivity contribution in [3.05, 3.63) is 0 Å². The summed E-state index contributed by atoms with van der Waals surface area (Å²) in [5, 5.41) is 10.3. The molecular weight excluding hydrogens is 236 g/mol. The summed E-state index contributed by atoms with van der Waals surface area (Å²) in [4.78, 5) is 21.3.